The maximum Gasteiger partial charge on any atom is 0.407 e. The molecule has 0 saturated heterocycles. The maximum absolute atomic E-state index is 14.2. The van der Waals surface area contributed by atoms with Crippen LogP contribution in [0.25, 0.3) is 0 Å². The third-order valence-electron chi connectivity index (χ3n) is 4.17. The van der Waals surface area contributed by atoms with Gasteiger partial charge in [-0.15, -0.1) is 0 Å². The van der Waals surface area contributed by atoms with Crippen molar-refractivity contribution < 1.29 is 27.4 Å². The normalized spacial score (nSPS) is 19.4. The van der Waals surface area contributed by atoms with Crippen LogP contribution in [0.5, 0.6) is 5.88 Å². The van der Waals surface area contributed by atoms with Gasteiger partial charge in [0, 0.05) is 17.6 Å². The van der Waals surface area contributed by atoms with Crippen molar-refractivity contribution in [2.45, 2.75) is 70.6 Å². The lowest BCUT2D eigenvalue weighted by molar-refractivity contribution is 0.0682. The Morgan fingerprint density at radius 2 is 2.00 bits per heavy atom. The minimum atomic E-state index is -2.74. The number of nitrogens with zero attached hydrogens (tertiary/aromatic N) is 2. The highest BCUT2D eigenvalue weighted by molar-refractivity contribution is 5.68. The monoisotopic (exact) mass is 414 g/mol. The number of alkyl halides is 2. The molecule has 2 N–H and O–H groups in total. The molecule has 10 heteroatoms. The van der Waals surface area contributed by atoms with Crippen molar-refractivity contribution in [2.24, 2.45) is 0 Å². The first kappa shape index (κ1) is 22.6. The van der Waals surface area contributed by atoms with Crippen LogP contribution >= 0.6 is 0 Å². The third-order valence-corrected chi connectivity index (χ3v) is 4.17. The molecule has 0 bridgehead atoms. The number of hydrogen-bond donors (Lipinski definition) is 2. The van der Waals surface area contributed by atoms with E-state index in [2.05, 4.69) is 15.6 Å². The van der Waals surface area contributed by atoms with Gasteiger partial charge in [0.2, 0.25) is 5.88 Å². The topological polar surface area (TPSA) is 96.3 Å². The number of aromatic nitrogens is 1. The Bertz CT molecular complexity index is 754. The lowest BCUT2D eigenvalue weighted by Gasteiger charge is -2.30. The molecule has 0 atom stereocenters. The lowest BCUT2D eigenvalue weighted by Crippen LogP contribution is -2.43. The first-order chi connectivity index (χ1) is 13.6. The Kier molecular flexibility index (Phi) is 7.53. The number of hydrogen-bond acceptors (Lipinski definition) is 6. The minimum Gasteiger partial charge on any atom is -0.471 e. The predicted molar refractivity (Wildman–Crippen MR) is 99.4 cm³/mol. The Morgan fingerprint density at radius 1 is 1.34 bits per heavy atom. The van der Waals surface area contributed by atoms with Gasteiger partial charge >= 0.3 is 6.09 Å². The summed E-state index contributed by atoms with van der Waals surface area (Å²) in [6.45, 7) is 4.63. The second-order valence-electron chi connectivity index (χ2n) is 7.88. The van der Waals surface area contributed by atoms with Crippen molar-refractivity contribution in [3.8, 4) is 11.9 Å². The predicted octanol–water partition coefficient (Wildman–Crippen LogP) is 3.98. The molecule has 7 nitrogen and oxygen atoms in total. The first-order valence-electron chi connectivity index (χ1n) is 9.34. The zero-order chi connectivity index (χ0) is 21.6. The Hall–Kier alpha value is -2.70. The summed E-state index contributed by atoms with van der Waals surface area (Å²) < 4.78 is 49.2. The number of carbonyl (C=O) groups excluding carboxylic acids is 1. The lowest BCUT2D eigenvalue weighted by atomic mass is 9.93. The summed E-state index contributed by atoms with van der Waals surface area (Å²) in [4.78, 5) is 15.7. The van der Waals surface area contributed by atoms with Gasteiger partial charge in [-0.05, 0) is 46.5 Å². The highest BCUT2D eigenvalue weighted by atomic mass is 19.3. The van der Waals surface area contributed by atoms with Crippen LogP contribution in [0.15, 0.2) is 6.07 Å². The highest BCUT2D eigenvalue weighted by Gasteiger charge is 2.26. The molecule has 2 rings (SSSR count). The van der Waals surface area contributed by atoms with E-state index in [1.165, 1.54) is 0 Å². The summed E-state index contributed by atoms with van der Waals surface area (Å²) in [5.74, 6) is -1.27. The van der Waals surface area contributed by atoms with Gasteiger partial charge in [-0.3, -0.25) is 0 Å². The van der Waals surface area contributed by atoms with Crippen molar-refractivity contribution >= 4 is 11.9 Å². The van der Waals surface area contributed by atoms with Crippen molar-refractivity contribution in [3.05, 3.63) is 17.4 Å². The summed E-state index contributed by atoms with van der Waals surface area (Å²) in [6, 6.07) is 2.44. The Balaban J connectivity index is 1.93. The summed E-state index contributed by atoms with van der Waals surface area (Å²) in [5.41, 5.74) is -0.644. The van der Waals surface area contributed by atoms with Crippen LogP contribution in [0.4, 0.5) is 23.8 Å². The van der Waals surface area contributed by atoms with E-state index in [-0.39, 0.29) is 29.4 Å². The van der Waals surface area contributed by atoms with E-state index in [1.807, 2.05) is 20.8 Å². The molecule has 0 aliphatic heterocycles. The van der Waals surface area contributed by atoms with Gasteiger partial charge in [-0.25, -0.2) is 18.0 Å². The molecule has 1 amide bonds. The average molecular weight is 414 g/mol. The number of carbonyl (C=O) groups is 1. The SMILES string of the molecule is CC(C)(C)NC(=O)OC1CCC(Nc2nc(OCC(F)F)c(C#N)cc2F)CC1. The molecule has 0 spiro atoms. The van der Waals surface area contributed by atoms with Crippen LogP contribution in [0.1, 0.15) is 52.0 Å². The third kappa shape index (κ3) is 7.33. The molecule has 1 fully saturated rings. The number of halogens is 3. The largest absolute Gasteiger partial charge is 0.471 e. The van der Waals surface area contributed by atoms with Crippen molar-refractivity contribution in [2.75, 3.05) is 11.9 Å². The molecule has 1 aliphatic rings. The summed E-state index contributed by atoms with van der Waals surface area (Å²) in [5, 5.41) is 14.7. The molecule has 0 radical (unpaired) electrons. The van der Waals surface area contributed by atoms with E-state index in [0.717, 1.165) is 6.07 Å². The molecule has 0 unspecified atom stereocenters. The van der Waals surface area contributed by atoms with Crippen molar-refractivity contribution in [1.82, 2.24) is 10.3 Å². The average Bonchev–Trinajstić information content (AvgIpc) is 2.61. The van der Waals surface area contributed by atoms with E-state index in [1.54, 1.807) is 6.07 Å². The quantitative estimate of drug-likeness (QED) is 0.731. The van der Waals surface area contributed by atoms with Gasteiger partial charge in [-0.1, -0.05) is 0 Å². The Morgan fingerprint density at radius 3 is 2.55 bits per heavy atom. The van der Waals surface area contributed by atoms with Gasteiger partial charge < -0.3 is 20.1 Å². The molecular weight excluding hydrogens is 389 g/mol. The van der Waals surface area contributed by atoms with Crippen LogP contribution in [0.3, 0.4) is 0 Å². The van der Waals surface area contributed by atoms with Crippen LogP contribution in [0.2, 0.25) is 0 Å². The number of ether oxygens (including phenoxy) is 2. The van der Waals surface area contributed by atoms with E-state index in [0.29, 0.717) is 25.7 Å². The molecule has 1 heterocycles. The number of nitriles is 1. The summed E-state index contributed by atoms with van der Waals surface area (Å²) in [6.07, 6.45) is -1.09. The minimum absolute atomic E-state index is 0.140. The molecule has 1 aromatic rings. The molecule has 1 aliphatic carbocycles. The molecule has 160 valence electrons. The summed E-state index contributed by atoms with van der Waals surface area (Å²) in [7, 11) is 0. The smallest absolute Gasteiger partial charge is 0.407 e. The fraction of sp³-hybridized carbons (Fsp3) is 0.632. The van der Waals surface area contributed by atoms with Crippen LogP contribution in [0, 0.1) is 17.1 Å². The number of anilines is 1. The first-order valence-corrected chi connectivity index (χ1v) is 9.34. The number of pyridine rings is 1. The van der Waals surface area contributed by atoms with Crippen LogP contribution in [-0.4, -0.2) is 41.8 Å². The van der Waals surface area contributed by atoms with Gasteiger partial charge in [0.05, 0.1) is 0 Å². The van der Waals surface area contributed by atoms with Gasteiger partial charge in [0.25, 0.3) is 6.43 Å². The van der Waals surface area contributed by atoms with E-state index in [4.69, 9.17) is 14.7 Å². The van der Waals surface area contributed by atoms with Gasteiger partial charge in [-0.2, -0.15) is 10.2 Å². The number of amides is 1. The fourth-order valence-corrected chi connectivity index (χ4v) is 2.91. The fourth-order valence-electron chi connectivity index (χ4n) is 2.91. The number of nitrogens with one attached hydrogen (secondary N) is 2. The number of alkyl carbamates (subject to hydrolysis) is 1. The van der Waals surface area contributed by atoms with Gasteiger partial charge in [0.1, 0.15) is 17.7 Å². The van der Waals surface area contributed by atoms with Crippen molar-refractivity contribution in [1.29, 1.82) is 5.26 Å². The standard InChI is InChI=1S/C19H25F3N4O3/c1-19(2,3)26-18(27)29-13-6-4-12(5-7-13)24-16-14(20)8-11(9-23)17(25-16)28-10-15(21)22/h8,12-13,15H,4-7,10H2,1-3H3,(H,24,25)(H,26,27). The highest BCUT2D eigenvalue weighted by Crippen LogP contribution is 2.27. The van der Waals surface area contributed by atoms with E-state index in [9.17, 15) is 18.0 Å². The van der Waals surface area contributed by atoms with E-state index >= 15 is 0 Å². The zero-order valence-corrected chi connectivity index (χ0v) is 16.6. The summed E-state index contributed by atoms with van der Waals surface area (Å²) >= 11 is 0. The van der Waals surface area contributed by atoms with Crippen molar-refractivity contribution in [3.63, 3.8) is 0 Å². The molecule has 1 saturated carbocycles. The zero-order valence-electron chi connectivity index (χ0n) is 16.6. The van der Waals surface area contributed by atoms with Crippen LogP contribution in [-0.2, 0) is 4.74 Å². The maximum atomic E-state index is 14.2. The molecular formula is C19H25F3N4O3. The van der Waals surface area contributed by atoms with Gasteiger partial charge in [0.15, 0.2) is 18.2 Å². The molecule has 0 aromatic carbocycles. The Labute approximate surface area is 167 Å². The molecule has 29 heavy (non-hydrogen) atoms. The molecule has 1 aromatic heterocycles. The van der Waals surface area contributed by atoms with E-state index < -0.39 is 30.5 Å². The second-order valence-corrected chi connectivity index (χ2v) is 7.88. The van der Waals surface area contributed by atoms with Crippen LogP contribution < -0.4 is 15.4 Å². The second kappa shape index (κ2) is 9.67. The number of rotatable bonds is 6.